The van der Waals surface area contributed by atoms with Crippen LogP contribution in [0.25, 0.3) is 0 Å². The molecule has 0 aliphatic carbocycles. The maximum atomic E-state index is 10.3. The Balaban J connectivity index is 0.000000257. The van der Waals surface area contributed by atoms with Gasteiger partial charge in [-0.25, -0.2) is 0 Å². The first kappa shape index (κ1) is 22.9. The van der Waals surface area contributed by atoms with Crippen LogP contribution in [0.1, 0.15) is 39.5 Å². The number of carboxylic acids is 1. The number of hydrogen-bond donors (Lipinski definition) is 0. The van der Waals surface area contributed by atoms with Gasteiger partial charge in [-0.2, -0.15) is 0 Å². The van der Waals surface area contributed by atoms with Crippen LogP contribution in [0.3, 0.4) is 0 Å². The Hall–Kier alpha value is -2.34. The molecule has 0 aromatic heterocycles. The first-order valence-electron chi connectivity index (χ1n) is 10.3. The van der Waals surface area contributed by atoms with Gasteiger partial charge in [0, 0.05) is 5.97 Å². The Morgan fingerprint density at radius 1 is 0.759 bits per heavy atom. The molecule has 29 heavy (non-hydrogen) atoms. The fourth-order valence-corrected chi connectivity index (χ4v) is 6.30. The van der Waals surface area contributed by atoms with Gasteiger partial charge < -0.3 is 9.90 Å². The number of carbonyl (C=O) groups is 1. The van der Waals surface area contributed by atoms with Crippen molar-refractivity contribution in [3.63, 3.8) is 0 Å². The predicted molar refractivity (Wildman–Crippen MR) is 117 cm³/mol. The monoisotopic (exact) mass is 426 g/mol. The number of aliphatic carboxylic acids is 1. The summed E-state index contributed by atoms with van der Waals surface area (Å²) in [6.07, 6.45) is 3.52. The van der Waals surface area contributed by atoms with Crippen molar-refractivity contribution in [2.45, 2.75) is 39.5 Å². The molecule has 3 aromatic carbocycles. The van der Waals surface area contributed by atoms with Crippen LogP contribution in [0.15, 0.2) is 91.0 Å². The molecule has 0 aliphatic heterocycles. The second-order valence-corrected chi connectivity index (χ2v) is 9.98. The number of carboxylic acid groups (broad SMARTS) is 1. The van der Waals surface area contributed by atoms with E-state index in [1.165, 1.54) is 13.3 Å². The first-order valence-corrected chi connectivity index (χ1v) is 12.2. The van der Waals surface area contributed by atoms with Crippen molar-refractivity contribution in [1.29, 1.82) is 0 Å². The van der Waals surface area contributed by atoms with Crippen molar-refractivity contribution >= 4 is 19.2 Å². The van der Waals surface area contributed by atoms with Crippen LogP contribution in [0.5, 0.6) is 0 Å². The molecule has 0 saturated carbocycles. The fraction of sp³-hybridized carbons (Fsp3) is 0.269. The average Bonchev–Trinajstić information content (AvgIpc) is 2.77. The zero-order valence-electron chi connectivity index (χ0n) is 17.3. The van der Waals surface area contributed by atoms with Crippen LogP contribution >= 0.6 is 0 Å². The molecule has 2 nitrogen and oxygen atoms in total. The van der Waals surface area contributed by atoms with Gasteiger partial charge in [-0.15, -0.1) is 0 Å². The molecule has 0 amide bonds. The number of carbonyl (C=O) groups excluding carboxylic acids is 1. The van der Waals surface area contributed by atoms with E-state index < -0.39 is 20.1 Å². The molecule has 0 fully saturated rings. The Labute approximate surface area is 179 Å². The summed E-state index contributed by atoms with van der Waals surface area (Å²) in [7, 11) is 0. The molecule has 3 rings (SSSR count). The Kier molecular flexibility index (Phi) is 10.3. The van der Waals surface area contributed by atoms with E-state index in [-0.39, 0.29) is 5.92 Å². The molecule has 0 spiro atoms. The average molecular weight is 427 g/mol. The molecular weight excluding hydrogens is 396 g/mol. The maximum absolute atomic E-state index is 10.3. The van der Waals surface area contributed by atoms with Crippen molar-refractivity contribution in [1.82, 2.24) is 0 Å². The van der Waals surface area contributed by atoms with Gasteiger partial charge >= 0.3 is 118 Å². The van der Waals surface area contributed by atoms with Gasteiger partial charge in [0.05, 0.1) is 0 Å². The van der Waals surface area contributed by atoms with E-state index in [9.17, 15) is 9.90 Å². The quantitative estimate of drug-likeness (QED) is 0.553. The Morgan fingerprint density at radius 3 is 1.41 bits per heavy atom. The number of hydrogen-bond acceptors (Lipinski definition) is 2. The minimum absolute atomic E-state index is 0.222. The van der Waals surface area contributed by atoms with Crippen LogP contribution in [0.4, 0.5) is 0 Å². The molecule has 0 saturated heterocycles. The second kappa shape index (κ2) is 13.0. The third kappa shape index (κ3) is 7.54. The van der Waals surface area contributed by atoms with Gasteiger partial charge in [-0.05, 0) is 18.8 Å². The van der Waals surface area contributed by atoms with Crippen LogP contribution in [0, 0.1) is 5.92 Å². The van der Waals surface area contributed by atoms with E-state index in [2.05, 4.69) is 97.9 Å². The predicted octanol–water partition coefficient (Wildman–Crippen LogP) is 3.53. The van der Waals surface area contributed by atoms with E-state index >= 15 is 0 Å². The van der Waals surface area contributed by atoms with Crippen molar-refractivity contribution in [2.75, 3.05) is 0 Å². The van der Waals surface area contributed by atoms with Gasteiger partial charge in [-0.1, -0.05) is 26.7 Å². The molecular formula is C26H30CrO2. The molecule has 152 valence electrons. The van der Waals surface area contributed by atoms with Gasteiger partial charge in [0.15, 0.2) is 0 Å². The summed E-state index contributed by atoms with van der Waals surface area (Å²) in [6, 6.07) is 32.6. The molecule has 0 heterocycles. The molecule has 3 aromatic rings. The number of benzene rings is 3. The van der Waals surface area contributed by atoms with Crippen molar-refractivity contribution in [2.24, 2.45) is 5.92 Å². The van der Waals surface area contributed by atoms with Crippen LogP contribution in [-0.2, 0) is 18.9 Å². The van der Waals surface area contributed by atoms with Gasteiger partial charge in [0.2, 0.25) is 0 Å². The van der Waals surface area contributed by atoms with E-state index in [0.29, 0.717) is 6.42 Å². The molecule has 1 unspecified atom stereocenters. The standard InChI is InChI=1S/C8H16O2.3C6H5.Cr/c1-3-5-6-7(4-2)8(9)10;3*1-2-4-6-5-3-1;/h7H,3-6H2,1-2H3,(H,9,10);3*1-5H;/q;;;;+1/p-1. The Morgan fingerprint density at radius 2 is 1.14 bits per heavy atom. The summed E-state index contributed by atoms with van der Waals surface area (Å²) in [6.45, 7) is 3.94. The number of rotatable bonds is 8. The van der Waals surface area contributed by atoms with Crippen LogP contribution in [0.2, 0.25) is 0 Å². The summed E-state index contributed by atoms with van der Waals surface area (Å²) in [5, 5.41) is 10.3. The second-order valence-electron chi connectivity index (χ2n) is 6.81. The first-order chi connectivity index (χ1) is 14.2. The third-order valence-corrected chi connectivity index (χ3v) is 8.15. The van der Waals surface area contributed by atoms with Crippen molar-refractivity contribution in [3.8, 4) is 0 Å². The van der Waals surface area contributed by atoms with E-state index in [1.54, 1.807) is 0 Å². The summed E-state index contributed by atoms with van der Waals surface area (Å²) in [4.78, 5) is 10.3. The fourth-order valence-electron chi connectivity index (χ4n) is 3.02. The van der Waals surface area contributed by atoms with Crippen molar-refractivity contribution in [3.05, 3.63) is 91.0 Å². The SMILES string of the molecule is CCCCC(CC)C(=O)[O-].c1cc[c]([Cr+]([c]2ccccc2)[c]2ccccc2)cc1. The van der Waals surface area contributed by atoms with E-state index in [1.807, 2.05) is 6.92 Å². The molecule has 0 N–H and O–H groups in total. The summed E-state index contributed by atoms with van der Waals surface area (Å²) in [5.41, 5.74) is 0. The molecule has 0 bridgehead atoms. The molecule has 0 radical (unpaired) electrons. The minimum atomic E-state index is -1.15. The zero-order valence-corrected chi connectivity index (χ0v) is 18.6. The topological polar surface area (TPSA) is 40.1 Å². The molecule has 1 atom stereocenters. The normalized spacial score (nSPS) is 11.4. The molecule has 3 heteroatoms. The number of unbranched alkanes of at least 4 members (excludes halogenated alkanes) is 1. The zero-order chi connectivity index (χ0) is 20.9. The van der Waals surface area contributed by atoms with Gasteiger partial charge in [0.25, 0.3) is 0 Å². The summed E-state index contributed by atoms with van der Waals surface area (Å²) < 4.78 is 4.37. The van der Waals surface area contributed by atoms with Crippen molar-refractivity contribution < 1.29 is 24.0 Å². The summed E-state index contributed by atoms with van der Waals surface area (Å²) in [5.74, 6) is -1.11. The van der Waals surface area contributed by atoms with Gasteiger partial charge in [0.1, 0.15) is 0 Å². The van der Waals surface area contributed by atoms with Crippen LogP contribution < -0.4 is 18.4 Å². The molecule has 0 aliphatic rings. The third-order valence-electron chi connectivity index (χ3n) is 4.67. The van der Waals surface area contributed by atoms with Gasteiger partial charge in [-0.3, -0.25) is 0 Å². The Bertz CT molecular complexity index is 725. The van der Waals surface area contributed by atoms with E-state index in [0.717, 1.165) is 19.3 Å². The summed E-state index contributed by atoms with van der Waals surface area (Å²) >= 11 is -1.15. The van der Waals surface area contributed by atoms with Crippen LogP contribution in [-0.4, -0.2) is 5.97 Å². The van der Waals surface area contributed by atoms with E-state index in [4.69, 9.17) is 0 Å².